The van der Waals surface area contributed by atoms with Gasteiger partial charge in [-0.25, -0.2) is 4.79 Å². The van der Waals surface area contributed by atoms with E-state index in [1.165, 1.54) is 21.1 Å². The van der Waals surface area contributed by atoms with Gasteiger partial charge in [0.1, 0.15) is 11.2 Å². The predicted molar refractivity (Wildman–Crippen MR) is 225 cm³/mol. The van der Waals surface area contributed by atoms with Crippen LogP contribution in [0.3, 0.4) is 0 Å². The van der Waals surface area contributed by atoms with Crippen LogP contribution in [-0.2, 0) is 45.8 Å². The monoisotopic (exact) mass is 824 g/mol. The van der Waals surface area contributed by atoms with Gasteiger partial charge in [0.15, 0.2) is 6.10 Å². The number of benzene rings is 2. The zero-order valence-corrected chi connectivity index (χ0v) is 36.0. The number of carbonyl (C=O) groups is 3. The number of nitrogens with zero attached hydrogens (tertiary/aromatic N) is 3. The zero-order chi connectivity index (χ0) is 42.6. The van der Waals surface area contributed by atoms with Crippen molar-refractivity contribution in [2.45, 2.75) is 106 Å². The van der Waals surface area contributed by atoms with Crippen molar-refractivity contribution < 1.29 is 43.5 Å². The highest BCUT2D eigenvalue weighted by Crippen LogP contribution is 2.68. The first-order valence-electron chi connectivity index (χ1n) is 21.7. The number of aromatic amines is 1. The molecule has 1 aromatic heterocycles. The van der Waals surface area contributed by atoms with Crippen LogP contribution in [-0.4, -0.2) is 133 Å². The molecule has 9 rings (SSSR count). The van der Waals surface area contributed by atoms with E-state index in [9.17, 15) is 19.8 Å². The molecule has 3 aromatic rings. The molecule has 1 saturated carbocycles. The number of para-hydroxylation sites is 1. The summed E-state index contributed by atoms with van der Waals surface area (Å²) >= 11 is 0. The average molecular weight is 825 g/mol. The molecule has 0 amide bonds. The second kappa shape index (κ2) is 14.3. The summed E-state index contributed by atoms with van der Waals surface area (Å²) in [6, 6.07) is 11.0. The van der Waals surface area contributed by atoms with Gasteiger partial charge >= 0.3 is 17.9 Å². The summed E-state index contributed by atoms with van der Waals surface area (Å²) in [5, 5.41) is 26.4. The van der Waals surface area contributed by atoms with Crippen molar-refractivity contribution in [2.24, 2.45) is 11.3 Å². The Kier molecular flexibility index (Phi) is 9.77. The number of hydrogen-bond acceptors (Lipinski definition) is 12. The number of aromatic nitrogens is 1. The van der Waals surface area contributed by atoms with Crippen LogP contribution in [0, 0.1) is 11.3 Å². The first-order valence-corrected chi connectivity index (χ1v) is 21.7. The Bertz CT molecular complexity index is 2270. The number of esters is 3. The van der Waals surface area contributed by atoms with E-state index in [4.69, 9.17) is 18.9 Å². The molecule has 10 atom stereocenters. The molecule has 3 fully saturated rings. The van der Waals surface area contributed by atoms with E-state index in [0.29, 0.717) is 76.0 Å². The third-order valence-electron chi connectivity index (χ3n) is 15.8. The standard InChI is InChI=1S/C47H60N4O9/c1-8-43(55)24-29-25-46(41(53)58-6,37-31(15-12-19-50(26-29)27-43)30-14-10-11-16-34(30)48-37)33-22-32-35(23-36(33)57-5)49(4)39-45(32)18-21-51-20-13-17-44(9-2,38(45)51)40(60-28(3)52)47(39,56)42(54)59-7/h10-11,13-14,16-17,22-23,29,38-40,48,55-56H,8-9,12,15,18-21,24-27H2,1-7H3/t29-,38?,39?,40+,43-,44+,45+,46-,47-/m0/s1. The van der Waals surface area contributed by atoms with Crippen molar-refractivity contribution in [3.63, 3.8) is 0 Å². The molecule has 1 spiro atoms. The summed E-state index contributed by atoms with van der Waals surface area (Å²) in [6.07, 6.45) is 6.84. The molecule has 5 aliphatic heterocycles. The zero-order valence-electron chi connectivity index (χ0n) is 36.0. The summed E-state index contributed by atoms with van der Waals surface area (Å²) in [5.41, 5.74) is -1.58. The molecule has 1 aliphatic carbocycles. The van der Waals surface area contributed by atoms with Crippen LogP contribution in [0.2, 0.25) is 0 Å². The van der Waals surface area contributed by atoms with Crippen molar-refractivity contribution >= 4 is 34.5 Å². The smallest absolute Gasteiger partial charge is 0.344 e. The number of nitrogens with one attached hydrogen (secondary N) is 1. The number of fused-ring (bicyclic) bond motifs is 6. The molecule has 3 unspecified atom stereocenters. The number of hydrogen-bond donors (Lipinski definition) is 3. The van der Waals surface area contributed by atoms with Crippen LogP contribution in [0.1, 0.15) is 81.7 Å². The van der Waals surface area contributed by atoms with E-state index in [1.54, 1.807) is 7.11 Å². The summed E-state index contributed by atoms with van der Waals surface area (Å²) in [4.78, 5) is 53.3. The largest absolute Gasteiger partial charge is 0.496 e. The van der Waals surface area contributed by atoms with Crippen LogP contribution in [0.25, 0.3) is 10.9 Å². The van der Waals surface area contributed by atoms with E-state index in [1.807, 2.05) is 50.1 Å². The lowest BCUT2D eigenvalue weighted by molar-refractivity contribution is -0.228. The normalized spacial score (nSPS) is 36.8. The third kappa shape index (κ3) is 5.34. The number of anilines is 1. The van der Waals surface area contributed by atoms with Gasteiger partial charge in [-0.15, -0.1) is 0 Å². The molecule has 6 heterocycles. The fourth-order valence-corrected chi connectivity index (χ4v) is 13.7. The van der Waals surface area contributed by atoms with Crippen molar-refractivity contribution in [3.05, 3.63) is 70.9 Å². The maximum absolute atomic E-state index is 15.4. The molecule has 2 saturated heterocycles. The average Bonchev–Trinajstić information content (AvgIpc) is 3.90. The van der Waals surface area contributed by atoms with Gasteiger partial charge in [-0.05, 0) is 87.2 Å². The van der Waals surface area contributed by atoms with Crippen LogP contribution in [0.4, 0.5) is 5.69 Å². The molecule has 13 nitrogen and oxygen atoms in total. The minimum atomic E-state index is -2.30. The first-order chi connectivity index (χ1) is 28.7. The van der Waals surface area contributed by atoms with Crippen LogP contribution in [0.15, 0.2) is 48.6 Å². The molecule has 13 heteroatoms. The highest BCUT2D eigenvalue weighted by molar-refractivity contribution is 5.95. The number of aliphatic hydroxyl groups is 2. The topological polar surface area (TPSA) is 154 Å². The molecular formula is C47H60N4O9. The van der Waals surface area contributed by atoms with Gasteiger partial charge < -0.3 is 43.9 Å². The Morgan fingerprint density at radius 2 is 1.72 bits per heavy atom. The highest BCUT2D eigenvalue weighted by atomic mass is 16.6. The number of H-pyrrole nitrogens is 1. The molecule has 6 aliphatic rings. The van der Waals surface area contributed by atoms with Crippen LogP contribution in [0.5, 0.6) is 5.75 Å². The molecule has 3 N–H and O–H groups in total. The maximum atomic E-state index is 15.4. The third-order valence-corrected chi connectivity index (χ3v) is 15.8. The molecule has 2 bridgehead atoms. The Hall–Kier alpha value is -4.43. The molecule has 2 aromatic carbocycles. The Morgan fingerprint density at radius 3 is 2.42 bits per heavy atom. The second-order valence-corrected chi connectivity index (χ2v) is 18.6. The van der Waals surface area contributed by atoms with Crippen molar-refractivity contribution in [3.8, 4) is 5.75 Å². The number of methoxy groups -OCH3 is 3. The van der Waals surface area contributed by atoms with Crippen molar-refractivity contribution in [1.29, 1.82) is 0 Å². The lowest BCUT2D eigenvalue weighted by atomic mass is 9.47. The van der Waals surface area contributed by atoms with E-state index >= 15 is 4.79 Å². The number of aryl methyl sites for hydroxylation is 1. The van der Waals surface area contributed by atoms with Gasteiger partial charge in [-0.2, -0.15) is 0 Å². The molecule has 322 valence electrons. The molecule has 60 heavy (non-hydrogen) atoms. The Labute approximate surface area is 352 Å². The lowest BCUT2D eigenvalue weighted by Crippen LogP contribution is -2.81. The number of likely N-dealkylation sites (N-methyl/N-ethyl adjacent to an activating group) is 1. The number of carbonyl (C=O) groups excluding carboxylic acids is 3. The number of ether oxygens (including phenoxy) is 4. The van der Waals surface area contributed by atoms with E-state index in [0.717, 1.165) is 46.4 Å². The van der Waals surface area contributed by atoms with Crippen molar-refractivity contribution in [2.75, 3.05) is 66.0 Å². The Balaban J connectivity index is 1.37. The highest BCUT2D eigenvalue weighted by Gasteiger charge is 2.80. The number of piperidine rings is 1. The maximum Gasteiger partial charge on any atom is 0.344 e. The summed E-state index contributed by atoms with van der Waals surface area (Å²) in [7, 11) is 6.17. The Morgan fingerprint density at radius 1 is 0.950 bits per heavy atom. The van der Waals surface area contributed by atoms with Crippen LogP contribution < -0.4 is 9.64 Å². The van der Waals surface area contributed by atoms with E-state index in [2.05, 4.69) is 39.1 Å². The van der Waals surface area contributed by atoms with Gasteiger partial charge in [-0.3, -0.25) is 14.5 Å². The van der Waals surface area contributed by atoms with Gasteiger partial charge in [-0.1, -0.05) is 44.2 Å². The number of rotatable bonds is 7. The van der Waals surface area contributed by atoms with Gasteiger partial charge in [0.2, 0.25) is 5.60 Å². The fraction of sp³-hybridized carbons (Fsp3) is 0.596. The first kappa shape index (κ1) is 40.9. The quantitative estimate of drug-likeness (QED) is 0.176. The molecule has 0 radical (unpaired) electrons. The fourth-order valence-electron chi connectivity index (χ4n) is 13.7. The minimum Gasteiger partial charge on any atom is -0.496 e. The summed E-state index contributed by atoms with van der Waals surface area (Å²) in [6.45, 7) is 8.77. The van der Waals surface area contributed by atoms with Crippen LogP contribution >= 0.6 is 0 Å². The van der Waals surface area contributed by atoms with E-state index in [-0.39, 0.29) is 12.0 Å². The second-order valence-electron chi connectivity index (χ2n) is 18.6. The van der Waals surface area contributed by atoms with Gasteiger partial charge in [0.25, 0.3) is 0 Å². The van der Waals surface area contributed by atoms with E-state index < -0.39 is 57.5 Å². The predicted octanol–water partition coefficient (Wildman–Crippen LogP) is 4.38. The van der Waals surface area contributed by atoms with Gasteiger partial charge in [0, 0.05) is 84.4 Å². The van der Waals surface area contributed by atoms with Crippen molar-refractivity contribution in [1.82, 2.24) is 14.8 Å². The molecular weight excluding hydrogens is 765 g/mol. The summed E-state index contributed by atoms with van der Waals surface area (Å²) in [5.74, 6) is -1.56. The SMILES string of the molecule is CC[C@]1(O)C[C@@H]2CN(CCCc3c([nH]c4ccccc34)[C@@](C(=O)OC)(c3cc4c(cc3OC)N(C)C3[C@]45CCN4CC=C[C@](CC)(C45)[C@@H](OC(C)=O)[C@]3(O)C(=O)OC)C2)C1. The lowest BCUT2D eigenvalue weighted by Gasteiger charge is -2.63. The minimum absolute atomic E-state index is 0.103. The summed E-state index contributed by atoms with van der Waals surface area (Å²) < 4.78 is 24.0. The van der Waals surface area contributed by atoms with Gasteiger partial charge in [0.05, 0.1) is 33.0 Å².